The van der Waals surface area contributed by atoms with Gasteiger partial charge in [0.05, 0.1) is 6.54 Å². The predicted molar refractivity (Wildman–Crippen MR) is 102 cm³/mol. The van der Waals surface area contributed by atoms with Gasteiger partial charge in [-0.25, -0.2) is 4.98 Å². The minimum atomic E-state index is -0.340. The third-order valence-corrected chi connectivity index (χ3v) is 5.17. The summed E-state index contributed by atoms with van der Waals surface area (Å²) in [6.07, 6.45) is 4.78. The molecule has 0 spiro atoms. The molecular formula is C20H24N4O3. The molecule has 0 bridgehead atoms. The standard InChI is InChI=1S/C20H24N4O3/c1-14-6-7-16(19(25)22-14)20(26)24-12-8-15(13-24)27-17-5-4-9-21-18(17)23-10-2-3-11-23/h4-7,9,15H,2-3,8,10-13H2,1H3,(H,22,25). The maximum Gasteiger partial charge on any atom is 0.260 e. The number of hydrogen-bond donors (Lipinski definition) is 1. The fourth-order valence-corrected chi connectivity index (χ4v) is 3.74. The van der Waals surface area contributed by atoms with Crippen molar-refractivity contribution in [3.8, 4) is 5.75 Å². The highest BCUT2D eigenvalue weighted by Crippen LogP contribution is 2.30. The highest BCUT2D eigenvalue weighted by atomic mass is 16.5. The number of likely N-dealkylation sites (tertiary alicyclic amines) is 1. The third-order valence-electron chi connectivity index (χ3n) is 5.17. The van der Waals surface area contributed by atoms with E-state index in [1.54, 1.807) is 30.2 Å². The topological polar surface area (TPSA) is 78.5 Å². The molecule has 1 atom stereocenters. The van der Waals surface area contributed by atoms with Crippen LogP contribution in [0.2, 0.25) is 0 Å². The van der Waals surface area contributed by atoms with Crippen molar-refractivity contribution in [2.75, 3.05) is 31.1 Å². The number of hydrogen-bond acceptors (Lipinski definition) is 5. The lowest BCUT2D eigenvalue weighted by atomic mass is 10.2. The number of anilines is 1. The minimum absolute atomic E-state index is 0.0935. The number of ether oxygens (including phenoxy) is 1. The van der Waals surface area contributed by atoms with Crippen LogP contribution in [0.15, 0.2) is 35.3 Å². The van der Waals surface area contributed by atoms with Crippen LogP contribution in [0.5, 0.6) is 5.75 Å². The number of aryl methyl sites for hydroxylation is 1. The van der Waals surface area contributed by atoms with Crippen molar-refractivity contribution in [1.82, 2.24) is 14.9 Å². The lowest BCUT2D eigenvalue weighted by Crippen LogP contribution is -2.34. The normalized spacial score (nSPS) is 19.5. The summed E-state index contributed by atoms with van der Waals surface area (Å²) in [7, 11) is 0. The Morgan fingerprint density at radius 3 is 2.81 bits per heavy atom. The molecule has 2 aromatic heterocycles. The number of nitrogens with zero attached hydrogens (tertiary/aromatic N) is 3. The average molecular weight is 368 g/mol. The van der Waals surface area contributed by atoms with E-state index in [-0.39, 0.29) is 23.1 Å². The third kappa shape index (κ3) is 3.67. The molecule has 2 aliphatic rings. The average Bonchev–Trinajstić information content (AvgIpc) is 3.34. The van der Waals surface area contributed by atoms with Crippen molar-refractivity contribution in [2.45, 2.75) is 32.3 Å². The number of amides is 1. The molecule has 142 valence electrons. The number of aromatic amines is 1. The van der Waals surface area contributed by atoms with Crippen LogP contribution >= 0.6 is 0 Å². The van der Waals surface area contributed by atoms with Gasteiger partial charge >= 0.3 is 0 Å². The summed E-state index contributed by atoms with van der Waals surface area (Å²) in [5.74, 6) is 1.41. The Bertz CT molecular complexity index is 889. The van der Waals surface area contributed by atoms with Crippen molar-refractivity contribution in [1.29, 1.82) is 0 Å². The second-order valence-electron chi connectivity index (χ2n) is 7.18. The molecule has 7 heteroatoms. The lowest BCUT2D eigenvalue weighted by molar-refractivity contribution is 0.0770. The quantitative estimate of drug-likeness (QED) is 0.893. The zero-order valence-corrected chi connectivity index (χ0v) is 15.5. The van der Waals surface area contributed by atoms with Gasteiger partial charge in [0.25, 0.3) is 11.5 Å². The summed E-state index contributed by atoms with van der Waals surface area (Å²) < 4.78 is 6.20. The first kappa shape index (κ1) is 17.6. The van der Waals surface area contributed by atoms with Crippen LogP contribution in [0.3, 0.4) is 0 Å². The van der Waals surface area contributed by atoms with Crippen LogP contribution in [-0.4, -0.2) is 53.1 Å². The van der Waals surface area contributed by atoms with Gasteiger partial charge in [-0.05, 0) is 44.0 Å². The van der Waals surface area contributed by atoms with Crippen LogP contribution in [0.1, 0.15) is 35.3 Å². The van der Waals surface area contributed by atoms with Gasteiger partial charge in [-0.3, -0.25) is 9.59 Å². The Balaban J connectivity index is 1.45. The Morgan fingerprint density at radius 2 is 2.04 bits per heavy atom. The molecule has 0 aromatic carbocycles. The summed E-state index contributed by atoms with van der Waals surface area (Å²) in [5.41, 5.74) is 0.582. The zero-order valence-electron chi connectivity index (χ0n) is 15.5. The summed E-state index contributed by atoms with van der Waals surface area (Å²) in [5, 5.41) is 0. The van der Waals surface area contributed by atoms with Gasteiger partial charge in [-0.2, -0.15) is 0 Å². The van der Waals surface area contributed by atoms with Crippen molar-refractivity contribution in [3.05, 3.63) is 52.1 Å². The van der Waals surface area contributed by atoms with Gasteiger partial charge in [-0.15, -0.1) is 0 Å². The van der Waals surface area contributed by atoms with E-state index < -0.39 is 0 Å². The summed E-state index contributed by atoms with van der Waals surface area (Å²) >= 11 is 0. The number of H-pyrrole nitrogens is 1. The summed E-state index contributed by atoms with van der Waals surface area (Å²) in [4.78, 5) is 35.9. The molecule has 2 fully saturated rings. The van der Waals surface area contributed by atoms with E-state index in [0.717, 1.165) is 36.8 Å². The van der Waals surface area contributed by atoms with Gasteiger partial charge in [0.15, 0.2) is 11.6 Å². The SMILES string of the molecule is Cc1ccc(C(=O)N2CCC(Oc3cccnc3N3CCCC3)C2)c(=O)[nH]1. The summed E-state index contributed by atoms with van der Waals surface area (Å²) in [6.45, 7) is 4.84. The van der Waals surface area contributed by atoms with Crippen LogP contribution < -0.4 is 15.2 Å². The first-order valence-corrected chi connectivity index (χ1v) is 9.47. The molecular weight excluding hydrogens is 344 g/mol. The Labute approximate surface area is 158 Å². The molecule has 0 radical (unpaired) electrons. The Hall–Kier alpha value is -2.83. The fraction of sp³-hybridized carbons (Fsp3) is 0.450. The molecule has 0 saturated carbocycles. The van der Waals surface area contributed by atoms with E-state index in [9.17, 15) is 9.59 Å². The Kier molecular flexibility index (Phi) is 4.83. The van der Waals surface area contributed by atoms with Gasteiger partial charge in [0.2, 0.25) is 0 Å². The molecule has 7 nitrogen and oxygen atoms in total. The number of nitrogens with one attached hydrogen (secondary N) is 1. The second-order valence-corrected chi connectivity index (χ2v) is 7.18. The zero-order chi connectivity index (χ0) is 18.8. The van der Waals surface area contributed by atoms with E-state index in [4.69, 9.17) is 4.74 Å². The smallest absolute Gasteiger partial charge is 0.260 e. The molecule has 2 aromatic rings. The Morgan fingerprint density at radius 1 is 1.22 bits per heavy atom. The number of pyridine rings is 2. The first-order chi connectivity index (χ1) is 13.1. The second kappa shape index (κ2) is 7.42. The molecule has 2 saturated heterocycles. The fourth-order valence-electron chi connectivity index (χ4n) is 3.74. The van der Waals surface area contributed by atoms with E-state index in [2.05, 4.69) is 14.9 Å². The molecule has 27 heavy (non-hydrogen) atoms. The van der Waals surface area contributed by atoms with Crippen LogP contribution in [0.25, 0.3) is 0 Å². The van der Waals surface area contributed by atoms with Gasteiger partial charge in [0.1, 0.15) is 11.7 Å². The maximum absolute atomic E-state index is 12.7. The largest absolute Gasteiger partial charge is 0.485 e. The van der Waals surface area contributed by atoms with Crippen molar-refractivity contribution in [2.24, 2.45) is 0 Å². The van der Waals surface area contributed by atoms with E-state index in [1.165, 1.54) is 12.8 Å². The maximum atomic E-state index is 12.7. The minimum Gasteiger partial charge on any atom is -0.485 e. The van der Waals surface area contributed by atoms with Crippen LogP contribution in [0, 0.1) is 6.92 Å². The molecule has 1 unspecified atom stereocenters. The van der Waals surface area contributed by atoms with Crippen molar-refractivity contribution < 1.29 is 9.53 Å². The number of aromatic nitrogens is 2. The molecule has 2 aliphatic heterocycles. The van der Waals surface area contributed by atoms with Crippen LogP contribution in [-0.2, 0) is 0 Å². The molecule has 1 N–H and O–H groups in total. The van der Waals surface area contributed by atoms with E-state index >= 15 is 0 Å². The van der Waals surface area contributed by atoms with E-state index in [0.29, 0.717) is 13.1 Å². The first-order valence-electron chi connectivity index (χ1n) is 9.47. The highest BCUT2D eigenvalue weighted by molar-refractivity contribution is 5.94. The molecule has 1 amide bonds. The van der Waals surface area contributed by atoms with Gasteiger partial charge in [0, 0.05) is 37.9 Å². The predicted octanol–water partition coefficient (Wildman–Crippen LogP) is 1.97. The molecule has 4 rings (SSSR count). The number of carbonyl (C=O) groups excluding carboxylic acids is 1. The van der Waals surface area contributed by atoms with Gasteiger partial charge < -0.3 is 19.5 Å². The van der Waals surface area contributed by atoms with Crippen molar-refractivity contribution >= 4 is 11.7 Å². The van der Waals surface area contributed by atoms with Gasteiger partial charge in [-0.1, -0.05) is 0 Å². The molecule has 0 aliphatic carbocycles. The highest BCUT2D eigenvalue weighted by Gasteiger charge is 2.30. The van der Waals surface area contributed by atoms with Crippen molar-refractivity contribution in [3.63, 3.8) is 0 Å². The summed E-state index contributed by atoms with van der Waals surface area (Å²) in [6, 6.07) is 7.16. The number of rotatable bonds is 4. The van der Waals surface area contributed by atoms with Crippen LogP contribution in [0.4, 0.5) is 5.82 Å². The lowest BCUT2D eigenvalue weighted by Gasteiger charge is -2.22. The monoisotopic (exact) mass is 368 g/mol. The van der Waals surface area contributed by atoms with E-state index in [1.807, 2.05) is 12.1 Å². The molecule has 4 heterocycles. The number of carbonyl (C=O) groups is 1.